The molecule has 0 saturated heterocycles. The maximum absolute atomic E-state index is 6.32. The summed E-state index contributed by atoms with van der Waals surface area (Å²) >= 11 is 6.32. The SMILES string of the molecule is CCCCN(CCCC)c1ccc2c(c1)-c1cc(C)c(Cl)cc1C2. The van der Waals surface area contributed by atoms with Crippen molar-refractivity contribution >= 4 is 17.3 Å². The van der Waals surface area contributed by atoms with E-state index in [0.29, 0.717) is 0 Å². The van der Waals surface area contributed by atoms with Gasteiger partial charge in [0.2, 0.25) is 0 Å². The van der Waals surface area contributed by atoms with Gasteiger partial charge in [0, 0.05) is 23.8 Å². The first-order chi connectivity index (χ1) is 11.6. The van der Waals surface area contributed by atoms with Gasteiger partial charge in [-0.1, -0.05) is 44.4 Å². The van der Waals surface area contributed by atoms with E-state index in [4.69, 9.17) is 11.6 Å². The standard InChI is InChI=1S/C22H28ClN/c1-4-6-10-24(11-7-5-2)19-9-8-17-13-18-14-22(23)16(3)12-20(18)21(17)15-19/h8-9,12,14-15H,4-7,10-11,13H2,1-3H3. The second kappa shape index (κ2) is 7.61. The lowest BCUT2D eigenvalue weighted by Crippen LogP contribution is -2.25. The van der Waals surface area contributed by atoms with Gasteiger partial charge in [-0.15, -0.1) is 0 Å². The fourth-order valence-electron chi connectivity index (χ4n) is 3.56. The quantitative estimate of drug-likeness (QED) is 0.466. The summed E-state index contributed by atoms with van der Waals surface area (Å²) in [5.41, 5.74) is 8.12. The van der Waals surface area contributed by atoms with Crippen molar-refractivity contribution in [2.24, 2.45) is 0 Å². The largest absolute Gasteiger partial charge is 0.372 e. The lowest BCUT2D eigenvalue weighted by Gasteiger charge is -2.25. The third-order valence-electron chi connectivity index (χ3n) is 5.08. The van der Waals surface area contributed by atoms with E-state index in [9.17, 15) is 0 Å². The number of rotatable bonds is 7. The number of anilines is 1. The molecule has 0 radical (unpaired) electrons. The van der Waals surface area contributed by atoms with E-state index >= 15 is 0 Å². The molecule has 1 aliphatic rings. The molecule has 128 valence electrons. The molecule has 0 unspecified atom stereocenters. The molecule has 2 aromatic carbocycles. The molecule has 0 aromatic heterocycles. The van der Waals surface area contributed by atoms with E-state index in [-0.39, 0.29) is 0 Å². The molecule has 0 N–H and O–H groups in total. The molecule has 24 heavy (non-hydrogen) atoms. The topological polar surface area (TPSA) is 3.24 Å². The molecule has 0 aliphatic heterocycles. The van der Waals surface area contributed by atoms with E-state index in [0.717, 1.165) is 24.5 Å². The van der Waals surface area contributed by atoms with Crippen LogP contribution in [0.2, 0.25) is 5.02 Å². The maximum atomic E-state index is 6.32. The van der Waals surface area contributed by atoms with Crippen LogP contribution in [0.25, 0.3) is 11.1 Å². The Morgan fingerprint density at radius 1 is 0.917 bits per heavy atom. The van der Waals surface area contributed by atoms with E-state index in [2.05, 4.69) is 56.0 Å². The van der Waals surface area contributed by atoms with Crippen LogP contribution in [-0.2, 0) is 6.42 Å². The zero-order valence-electron chi connectivity index (χ0n) is 15.2. The predicted octanol–water partition coefficient (Wildman–Crippen LogP) is 6.63. The molecule has 0 amide bonds. The number of hydrogen-bond donors (Lipinski definition) is 0. The van der Waals surface area contributed by atoms with Crippen LogP contribution in [0, 0.1) is 6.92 Å². The summed E-state index contributed by atoms with van der Waals surface area (Å²) < 4.78 is 0. The molecular weight excluding hydrogens is 314 g/mol. The minimum absolute atomic E-state index is 0.884. The normalized spacial score (nSPS) is 12.2. The van der Waals surface area contributed by atoms with Gasteiger partial charge in [-0.2, -0.15) is 0 Å². The lowest BCUT2D eigenvalue weighted by molar-refractivity contribution is 0.678. The number of fused-ring (bicyclic) bond motifs is 3. The Labute approximate surface area is 151 Å². The van der Waals surface area contributed by atoms with Gasteiger partial charge in [0.15, 0.2) is 0 Å². The fraction of sp³-hybridized carbons (Fsp3) is 0.455. The zero-order valence-corrected chi connectivity index (χ0v) is 15.9. The summed E-state index contributed by atoms with van der Waals surface area (Å²) in [5.74, 6) is 0. The van der Waals surface area contributed by atoms with Crippen LogP contribution >= 0.6 is 11.6 Å². The van der Waals surface area contributed by atoms with Crippen molar-refractivity contribution in [1.82, 2.24) is 0 Å². The number of aryl methyl sites for hydroxylation is 1. The maximum Gasteiger partial charge on any atom is 0.0438 e. The second-order valence-corrected chi connectivity index (χ2v) is 7.38. The molecule has 2 heteroatoms. The third kappa shape index (κ3) is 3.47. The minimum Gasteiger partial charge on any atom is -0.372 e. The average molecular weight is 342 g/mol. The van der Waals surface area contributed by atoms with E-state index in [1.807, 2.05) is 0 Å². The van der Waals surface area contributed by atoms with Gasteiger partial charge in [-0.05, 0) is 78.3 Å². The molecule has 0 saturated carbocycles. The van der Waals surface area contributed by atoms with Crippen LogP contribution in [-0.4, -0.2) is 13.1 Å². The molecule has 0 atom stereocenters. The van der Waals surface area contributed by atoms with Crippen molar-refractivity contribution in [3.63, 3.8) is 0 Å². The number of hydrogen-bond acceptors (Lipinski definition) is 1. The molecule has 1 nitrogen and oxygen atoms in total. The van der Waals surface area contributed by atoms with Crippen LogP contribution in [0.3, 0.4) is 0 Å². The van der Waals surface area contributed by atoms with Crippen molar-refractivity contribution in [3.8, 4) is 11.1 Å². The van der Waals surface area contributed by atoms with Crippen LogP contribution < -0.4 is 4.90 Å². The molecule has 0 bridgehead atoms. The monoisotopic (exact) mass is 341 g/mol. The van der Waals surface area contributed by atoms with Crippen LogP contribution in [0.4, 0.5) is 5.69 Å². The minimum atomic E-state index is 0.884. The molecule has 0 spiro atoms. The predicted molar refractivity (Wildman–Crippen MR) is 106 cm³/mol. The van der Waals surface area contributed by atoms with Gasteiger partial charge < -0.3 is 4.90 Å². The summed E-state index contributed by atoms with van der Waals surface area (Å²) in [4.78, 5) is 2.56. The zero-order chi connectivity index (χ0) is 17.1. The highest BCUT2D eigenvalue weighted by Crippen LogP contribution is 2.41. The molecule has 2 aromatic rings. The molecule has 3 rings (SSSR count). The number of nitrogens with zero attached hydrogens (tertiary/aromatic N) is 1. The summed E-state index contributed by atoms with van der Waals surface area (Å²) in [7, 11) is 0. The Bertz CT molecular complexity index is 712. The fourth-order valence-corrected chi connectivity index (χ4v) is 3.75. The van der Waals surface area contributed by atoms with Gasteiger partial charge in [-0.3, -0.25) is 0 Å². The van der Waals surface area contributed by atoms with Crippen molar-refractivity contribution in [2.45, 2.75) is 52.9 Å². The number of halogens is 1. The van der Waals surface area contributed by atoms with Gasteiger partial charge in [0.25, 0.3) is 0 Å². The Hall–Kier alpha value is -1.47. The highest BCUT2D eigenvalue weighted by atomic mass is 35.5. The molecule has 0 heterocycles. The average Bonchev–Trinajstić information content (AvgIpc) is 2.92. The lowest BCUT2D eigenvalue weighted by atomic mass is 10.0. The first kappa shape index (κ1) is 17.4. The van der Waals surface area contributed by atoms with Gasteiger partial charge in [0.05, 0.1) is 0 Å². The summed E-state index contributed by atoms with van der Waals surface area (Å²) in [6, 6.07) is 11.4. The first-order valence-corrected chi connectivity index (χ1v) is 9.69. The Morgan fingerprint density at radius 2 is 1.58 bits per heavy atom. The van der Waals surface area contributed by atoms with Crippen molar-refractivity contribution < 1.29 is 0 Å². The Morgan fingerprint density at radius 3 is 2.25 bits per heavy atom. The van der Waals surface area contributed by atoms with Gasteiger partial charge in [-0.25, -0.2) is 0 Å². The van der Waals surface area contributed by atoms with Crippen LogP contribution in [0.5, 0.6) is 0 Å². The molecule has 1 aliphatic carbocycles. The molecule has 0 fully saturated rings. The summed E-state index contributed by atoms with van der Waals surface area (Å²) in [5, 5.41) is 0.884. The Kier molecular flexibility index (Phi) is 5.50. The highest BCUT2D eigenvalue weighted by Gasteiger charge is 2.21. The third-order valence-corrected chi connectivity index (χ3v) is 5.48. The van der Waals surface area contributed by atoms with Gasteiger partial charge in [0.1, 0.15) is 0 Å². The van der Waals surface area contributed by atoms with Crippen LogP contribution in [0.15, 0.2) is 30.3 Å². The summed E-state index contributed by atoms with van der Waals surface area (Å²) in [6.45, 7) is 8.94. The van der Waals surface area contributed by atoms with E-state index in [1.165, 1.54) is 59.2 Å². The smallest absolute Gasteiger partial charge is 0.0438 e. The van der Waals surface area contributed by atoms with Crippen LogP contribution in [0.1, 0.15) is 56.2 Å². The molecular formula is C22H28ClN. The number of benzene rings is 2. The van der Waals surface area contributed by atoms with Gasteiger partial charge >= 0.3 is 0 Å². The van der Waals surface area contributed by atoms with E-state index in [1.54, 1.807) is 0 Å². The first-order valence-electron chi connectivity index (χ1n) is 9.31. The highest BCUT2D eigenvalue weighted by molar-refractivity contribution is 6.31. The van der Waals surface area contributed by atoms with Crippen molar-refractivity contribution in [3.05, 3.63) is 52.0 Å². The summed E-state index contributed by atoms with van der Waals surface area (Å²) in [6.07, 6.45) is 6.01. The van der Waals surface area contributed by atoms with Crippen molar-refractivity contribution in [1.29, 1.82) is 0 Å². The Balaban J connectivity index is 1.94. The van der Waals surface area contributed by atoms with Crippen molar-refractivity contribution in [2.75, 3.05) is 18.0 Å². The van der Waals surface area contributed by atoms with E-state index < -0.39 is 0 Å². The second-order valence-electron chi connectivity index (χ2n) is 6.97. The number of unbranched alkanes of at least 4 members (excludes halogenated alkanes) is 2.